The molecule has 1 aliphatic carbocycles. The third kappa shape index (κ3) is 3.76. The third-order valence-corrected chi connectivity index (χ3v) is 4.80. The van der Waals surface area contributed by atoms with E-state index in [1.165, 1.54) is 0 Å². The Bertz CT molecular complexity index is 724. The summed E-state index contributed by atoms with van der Waals surface area (Å²) in [6.45, 7) is 2.51. The first kappa shape index (κ1) is 15.7. The van der Waals surface area contributed by atoms with Crippen LogP contribution in [0.25, 0.3) is 11.3 Å². The molecule has 1 aliphatic rings. The van der Waals surface area contributed by atoms with Crippen LogP contribution < -0.4 is 5.32 Å². The Kier molecular flexibility index (Phi) is 4.43. The van der Waals surface area contributed by atoms with E-state index < -0.39 is 11.9 Å². The van der Waals surface area contributed by atoms with Crippen molar-refractivity contribution >= 4 is 23.2 Å². The average molecular weight is 330 g/mol. The van der Waals surface area contributed by atoms with Gasteiger partial charge < -0.3 is 10.4 Å². The number of benzene rings is 1. The summed E-state index contributed by atoms with van der Waals surface area (Å²) in [5, 5.41) is 14.7. The zero-order valence-electron chi connectivity index (χ0n) is 12.8. The molecule has 3 rings (SSSR count). The van der Waals surface area contributed by atoms with Crippen LogP contribution in [0.4, 0.5) is 0 Å². The van der Waals surface area contributed by atoms with Crippen molar-refractivity contribution in [3.63, 3.8) is 0 Å². The lowest BCUT2D eigenvalue weighted by Crippen LogP contribution is -2.28. The standard InChI is InChI=1S/C17H18N2O3S/c1-10-19-15(9-23-10)12-4-2-11(3-5-12)6-7-18-16(20)13-8-14(13)17(21)22/h2-5,9,13-14H,6-8H2,1H3,(H,18,20)(H,21,22)/t13-,14-/m0/s1. The number of thiazole rings is 1. The molecule has 120 valence electrons. The summed E-state index contributed by atoms with van der Waals surface area (Å²) in [7, 11) is 0. The maximum atomic E-state index is 11.8. The van der Waals surface area contributed by atoms with E-state index in [9.17, 15) is 9.59 Å². The lowest BCUT2D eigenvalue weighted by molar-refractivity contribution is -0.140. The van der Waals surface area contributed by atoms with Gasteiger partial charge in [-0.2, -0.15) is 0 Å². The molecule has 0 radical (unpaired) electrons. The number of hydrogen-bond donors (Lipinski definition) is 2. The lowest BCUT2D eigenvalue weighted by Gasteiger charge is -2.05. The Hall–Kier alpha value is -2.21. The summed E-state index contributed by atoms with van der Waals surface area (Å²) in [4.78, 5) is 27.0. The number of carbonyl (C=O) groups is 2. The van der Waals surface area contributed by atoms with Gasteiger partial charge in [0, 0.05) is 17.5 Å². The summed E-state index contributed by atoms with van der Waals surface area (Å²) in [6, 6.07) is 8.14. The number of aromatic nitrogens is 1. The van der Waals surface area contributed by atoms with Crippen LogP contribution in [0, 0.1) is 18.8 Å². The lowest BCUT2D eigenvalue weighted by atomic mass is 10.1. The topological polar surface area (TPSA) is 79.3 Å². The number of aliphatic carboxylic acids is 1. The molecule has 2 atom stereocenters. The smallest absolute Gasteiger partial charge is 0.307 e. The number of rotatable bonds is 6. The van der Waals surface area contributed by atoms with E-state index in [1.807, 2.05) is 36.6 Å². The molecular formula is C17H18N2O3S. The van der Waals surface area contributed by atoms with Crippen molar-refractivity contribution in [1.82, 2.24) is 10.3 Å². The third-order valence-electron chi connectivity index (χ3n) is 4.03. The van der Waals surface area contributed by atoms with E-state index in [1.54, 1.807) is 11.3 Å². The number of carboxylic acid groups (broad SMARTS) is 1. The highest BCUT2D eigenvalue weighted by molar-refractivity contribution is 7.09. The summed E-state index contributed by atoms with van der Waals surface area (Å²) in [5.41, 5.74) is 3.21. The van der Waals surface area contributed by atoms with Crippen LogP contribution in [0.3, 0.4) is 0 Å². The van der Waals surface area contributed by atoms with Gasteiger partial charge in [-0.3, -0.25) is 9.59 Å². The predicted octanol–water partition coefficient (Wildman–Crippen LogP) is 2.50. The minimum Gasteiger partial charge on any atom is -0.481 e. The van der Waals surface area contributed by atoms with E-state index >= 15 is 0 Å². The van der Waals surface area contributed by atoms with Gasteiger partial charge in [0.15, 0.2) is 0 Å². The average Bonchev–Trinajstić information content (AvgIpc) is 3.23. The summed E-state index contributed by atoms with van der Waals surface area (Å²) in [6.07, 6.45) is 1.19. The van der Waals surface area contributed by atoms with E-state index in [0.717, 1.165) is 28.2 Å². The van der Waals surface area contributed by atoms with Crippen molar-refractivity contribution in [3.8, 4) is 11.3 Å². The van der Waals surface area contributed by atoms with Crippen molar-refractivity contribution in [2.45, 2.75) is 19.8 Å². The van der Waals surface area contributed by atoms with Crippen molar-refractivity contribution < 1.29 is 14.7 Å². The molecule has 1 saturated carbocycles. The number of amides is 1. The molecule has 0 saturated heterocycles. The second kappa shape index (κ2) is 6.50. The van der Waals surface area contributed by atoms with Gasteiger partial charge in [-0.25, -0.2) is 4.98 Å². The quantitative estimate of drug-likeness (QED) is 0.853. The monoisotopic (exact) mass is 330 g/mol. The van der Waals surface area contributed by atoms with Gasteiger partial charge in [-0.05, 0) is 25.3 Å². The highest BCUT2D eigenvalue weighted by Gasteiger charge is 2.48. The fourth-order valence-electron chi connectivity index (χ4n) is 2.56. The van der Waals surface area contributed by atoms with Crippen molar-refractivity contribution in [3.05, 3.63) is 40.2 Å². The SMILES string of the molecule is Cc1nc(-c2ccc(CCNC(=O)[C@H]3C[C@@H]3C(=O)O)cc2)cs1. The van der Waals surface area contributed by atoms with Crippen LogP contribution in [0.2, 0.25) is 0 Å². The maximum absolute atomic E-state index is 11.8. The number of carbonyl (C=O) groups excluding carboxylic acids is 1. The van der Waals surface area contributed by atoms with Crippen LogP contribution >= 0.6 is 11.3 Å². The summed E-state index contributed by atoms with van der Waals surface area (Å²) < 4.78 is 0. The van der Waals surface area contributed by atoms with Crippen molar-refractivity contribution in [2.75, 3.05) is 6.54 Å². The van der Waals surface area contributed by atoms with Gasteiger partial charge in [0.25, 0.3) is 0 Å². The maximum Gasteiger partial charge on any atom is 0.307 e. The minimum absolute atomic E-state index is 0.146. The number of carboxylic acids is 1. The molecule has 0 bridgehead atoms. The second-order valence-corrected chi connectivity index (χ2v) is 6.84. The second-order valence-electron chi connectivity index (χ2n) is 5.78. The first-order valence-electron chi connectivity index (χ1n) is 7.56. The van der Waals surface area contributed by atoms with E-state index in [2.05, 4.69) is 10.3 Å². The molecule has 1 amide bonds. The fraction of sp³-hybridized carbons (Fsp3) is 0.353. The molecule has 1 aromatic heterocycles. The molecule has 6 heteroatoms. The Balaban J connectivity index is 1.48. The van der Waals surface area contributed by atoms with Crippen molar-refractivity contribution in [2.24, 2.45) is 11.8 Å². The molecule has 23 heavy (non-hydrogen) atoms. The van der Waals surface area contributed by atoms with E-state index in [0.29, 0.717) is 13.0 Å². The number of nitrogens with zero attached hydrogens (tertiary/aromatic N) is 1. The van der Waals surface area contributed by atoms with Crippen LogP contribution in [-0.2, 0) is 16.0 Å². The first-order valence-corrected chi connectivity index (χ1v) is 8.44. The highest BCUT2D eigenvalue weighted by Crippen LogP contribution is 2.38. The molecule has 2 aromatic rings. The van der Waals surface area contributed by atoms with Gasteiger partial charge in [0.05, 0.1) is 22.5 Å². The normalized spacial score (nSPS) is 19.3. The first-order chi connectivity index (χ1) is 11.0. The zero-order valence-corrected chi connectivity index (χ0v) is 13.6. The number of hydrogen-bond acceptors (Lipinski definition) is 4. The Labute approximate surface area is 138 Å². The highest BCUT2D eigenvalue weighted by atomic mass is 32.1. The van der Waals surface area contributed by atoms with E-state index in [4.69, 9.17) is 5.11 Å². The van der Waals surface area contributed by atoms with Crippen LogP contribution in [-0.4, -0.2) is 28.5 Å². The molecule has 5 nitrogen and oxygen atoms in total. The molecule has 0 spiro atoms. The van der Waals surface area contributed by atoms with Crippen LogP contribution in [0.15, 0.2) is 29.6 Å². The summed E-state index contributed by atoms with van der Waals surface area (Å²) in [5.74, 6) is -1.86. The molecule has 2 N–H and O–H groups in total. The largest absolute Gasteiger partial charge is 0.481 e. The molecule has 1 aromatic carbocycles. The van der Waals surface area contributed by atoms with Crippen LogP contribution in [0.5, 0.6) is 0 Å². The Morgan fingerprint density at radius 1 is 1.30 bits per heavy atom. The fourth-order valence-corrected chi connectivity index (χ4v) is 3.18. The minimum atomic E-state index is -0.877. The van der Waals surface area contributed by atoms with Crippen LogP contribution in [0.1, 0.15) is 17.0 Å². The number of nitrogens with one attached hydrogen (secondary N) is 1. The number of aryl methyl sites for hydroxylation is 1. The van der Waals surface area contributed by atoms with Gasteiger partial charge in [-0.15, -0.1) is 11.3 Å². The van der Waals surface area contributed by atoms with Gasteiger partial charge in [-0.1, -0.05) is 24.3 Å². The summed E-state index contributed by atoms with van der Waals surface area (Å²) >= 11 is 1.63. The molecular weight excluding hydrogens is 312 g/mol. The van der Waals surface area contributed by atoms with Gasteiger partial charge in [0.2, 0.25) is 5.91 Å². The van der Waals surface area contributed by atoms with Crippen molar-refractivity contribution in [1.29, 1.82) is 0 Å². The molecule has 1 fully saturated rings. The Morgan fingerprint density at radius 3 is 2.61 bits per heavy atom. The molecule has 0 unspecified atom stereocenters. The Morgan fingerprint density at radius 2 is 2.04 bits per heavy atom. The predicted molar refractivity (Wildman–Crippen MR) is 88.2 cm³/mol. The molecule has 0 aliphatic heterocycles. The van der Waals surface area contributed by atoms with Gasteiger partial charge >= 0.3 is 5.97 Å². The van der Waals surface area contributed by atoms with Gasteiger partial charge in [0.1, 0.15) is 0 Å². The zero-order chi connectivity index (χ0) is 16.4. The van der Waals surface area contributed by atoms with E-state index in [-0.39, 0.29) is 11.8 Å². The molecule has 1 heterocycles.